The van der Waals surface area contributed by atoms with Crippen LogP contribution in [0.25, 0.3) is 0 Å². The van der Waals surface area contributed by atoms with E-state index in [0.717, 1.165) is 18.4 Å². The maximum Gasteiger partial charge on any atom is 0.160 e. The molecule has 0 amide bonds. The number of carbonyl (C=O) groups excluding carboxylic acids is 1. The molecule has 0 aliphatic heterocycles. The molecule has 0 aliphatic carbocycles. The summed E-state index contributed by atoms with van der Waals surface area (Å²) in [5.41, 5.74) is 3.62. The standard InChI is InChI=1S/C18H26O/c1-4-6-10-16(9-5-2)13-14-17-11-7-8-12-18(17)15(3)19/h7-8,10-12H,4-6,9,13-14H2,1-3H3/b16-10+. The zero-order valence-electron chi connectivity index (χ0n) is 12.5. The summed E-state index contributed by atoms with van der Waals surface area (Å²) in [6, 6.07) is 7.99. The SMILES string of the molecule is CCC/C=C(\CCC)CCc1ccccc1C(C)=O. The van der Waals surface area contributed by atoms with Gasteiger partial charge in [0.25, 0.3) is 0 Å². The molecule has 0 saturated heterocycles. The fourth-order valence-corrected chi connectivity index (χ4v) is 2.38. The van der Waals surface area contributed by atoms with Crippen LogP contribution in [0.3, 0.4) is 0 Å². The summed E-state index contributed by atoms with van der Waals surface area (Å²) in [6.45, 7) is 6.09. The predicted molar refractivity (Wildman–Crippen MR) is 82.7 cm³/mol. The van der Waals surface area contributed by atoms with Gasteiger partial charge in [-0.1, -0.05) is 62.6 Å². The van der Waals surface area contributed by atoms with Crippen LogP contribution in [-0.2, 0) is 6.42 Å². The molecular weight excluding hydrogens is 232 g/mol. The fraction of sp³-hybridized carbons (Fsp3) is 0.500. The Hall–Kier alpha value is -1.37. The van der Waals surface area contributed by atoms with E-state index in [4.69, 9.17) is 0 Å². The number of carbonyl (C=O) groups is 1. The average Bonchev–Trinajstić information content (AvgIpc) is 2.42. The third-order valence-electron chi connectivity index (χ3n) is 3.40. The summed E-state index contributed by atoms with van der Waals surface area (Å²) in [5.74, 6) is 0.171. The minimum absolute atomic E-state index is 0.171. The molecule has 0 spiro atoms. The zero-order chi connectivity index (χ0) is 14.1. The molecule has 1 rings (SSSR count). The molecule has 0 saturated carbocycles. The van der Waals surface area contributed by atoms with Gasteiger partial charge in [0.2, 0.25) is 0 Å². The lowest BCUT2D eigenvalue weighted by Crippen LogP contribution is -2.00. The third-order valence-corrected chi connectivity index (χ3v) is 3.40. The number of allylic oxidation sites excluding steroid dienone is 2. The van der Waals surface area contributed by atoms with Gasteiger partial charge < -0.3 is 0 Å². The molecule has 1 aromatic rings. The van der Waals surface area contributed by atoms with E-state index < -0.39 is 0 Å². The van der Waals surface area contributed by atoms with Gasteiger partial charge in [-0.25, -0.2) is 0 Å². The second-order valence-corrected chi connectivity index (χ2v) is 5.11. The van der Waals surface area contributed by atoms with Gasteiger partial charge in [0.1, 0.15) is 0 Å². The number of hydrogen-bond donors (Lipinski definition) is 0. The van der Waals surface area contributed by atoms with Crippen molar-refractivity contribution in [3.63, 3.8) is 0 Å². The first kappa shape index (κ1) is 15.7. The van der Waals surface area contributed by atoms with E-state index in [1.807, 2.05) is 18.2 Å². The molecule has 104 valence electrons. The average molecular weight is 258 g/mol. The van der Waals surface area contributed by atoms with E-state index in [2.05, 4.69) is 26.0 Å². The van der Waals surface area contributed by atoms with E-state index in [0.29, 0.717) is 0 Å². The molecule has 1 nitrogen and oxygen atoms in total. The molecule has 0 radical (unpaired) electrons. The number of Topliss-reactive ketones (excluding diaryl/α,β-unsaturated/α-hetero) is 1. The first-order chi connectivity index (χ1) is 9.19. The molecule has 0 fully saturated rings. The van der Waals surface area contributed by atoms with Gasteiger partial charge in [0.15, 0.2) is 5.78 Å². The molecule has 0 atom stereocenters. The summed E-state index contributed by atoms with van der Waals surface area (Å²) in [5, 5.41) is 0. The number of benzene rings is 1. The summed E-state index contributed by atoms with van der Waals surface area (Å²) in [4.78, 5) is 11.6. The van der Waals surface area contributed by atoms with Crippen LogP contribution in [0.15, 0.2) is 35.9 Å². The number of rotatable bonds is 8. The molecule has 1 aromatic carbocycles. The van der Waals surface area contributed by atoms with Gasteiger partial charge in [-0.15, -0.1) is 0 Å². The molecule has 0 heterocycles. The minimum atomic E-state index is 0.171. The molecule has 0 aliphatic rings. The van der Waals surface area contributed by atoms with Gasteiger partial charge in [-0.2, -0.15) is 0 Å². The largest absolute Gasteiger partial charge is 0.295 e. The summed E-state index contributed by atoms with van der Waals surface area (Å²) < 4.78 is 0. The smallest absolute Gasteiger partial charge is 0.160 e. The number of hydrogen-bond acceptors (Lipinski definition) is 1. The maximum atomic E-state index is 11.6. The molecule has 0 unspecified atom stereocenters. The highest BCUT2D eigenvalue weighted by Gasteiger charge is 2.06. The Morgan fingerprint density at radius 2 is 1.84 bits per heavy atom. The summed E-state index contributed by atoms with van der Waals surface area (Å²) >= 11 is 0. The van der Waals surface area contributed by atoms with Gasteiger partial charge in [-0.3, -0.25) is 4.79 Å². The summed E-state index contributed by atoms with van der Waals surface area (Å²) in [6.07, 6.45) is 9.20. The predicted octanol–water partition coefficient (Wildman–Crippen LogP) is 5.35. The van der Waals surface area contributed by atoms with Gasteiger partial charge in [0, 0.05) is 5.56 Å². The van der Waals surface area contributed by atoms with Crippen molar-refractivity contribution in [3.05, 3.63) is 47.0 Å². The van der Waals surface area contributed by atoms with Gasteiger partial charge >= 0.3 is 0 Å². The van der Waals surface area contributed by atoms with Crippen LogP contribution in [0.5, 0.6) is 0 Å². The molecule has 19 heavy (non-hydrogen) atoms. The van der Waals surface area contributed by atoms with Crippen LogP contribution in [0.1, 0.15) is 68.8 Å². The second kappa shape index (κ2) is 8.68. The topological polar surface area (TPSA) is 17.1 Å². The van der Waals surface area contributed by atoms with Crippen LogP contribution in [0.4, 0.5) is 0 Å². The number of ketones is 1. The van der Waals surface area contributed by atoms with Crippen molar-refractivity contribution in [2.75, 3.05) is 0 Å². The lowest BCUT2D eigenvalue weighted by molar-refractivity contribution is 0.101. The normalized spacial score (nSPS) is 11.6. The van der Waals surface area contributed by atoms with Crippen molar-refractivity contribution in [3.8, 4) is 0 Å². The Kier molecular flexibility index (Phi) is 7.17. The van der Waals surface area contributed by atoms with E-state index >= 15 is 0 Å². The maximum absolute atomic E-state index is 11.6. The molecule has 0 bridgehead atoms. The van der Waals surface area contributed by atoms with Crippen LogP contribution >= 0.6 is 0 Å². The van der Waals surface area contributed by atoms with E-state index in [1.165, 1.54) is 31.2 Å². The second-order valence-electron chi connectivity index (χ2n) is 5.11. The summed E-state index contributed by atoms with van der Waals surface area (Å²) in [7, 11) is 0. The Bertz CT molecular complexity index is 429. The number of aryl methyl sites for hydroxylation is 1. The van der Waals surface area contributed by atoms with E-state index in [1.54, 1.807) is 12.5 Å². The van der Waals surface area contributed by atoms with Gasteiger partial charge in [0.05, 0.1) is 0 Å². The van der Waals surface area contributed by atoms with Crippen LogP contribution in [-0.4, -0.2) is 5.78 Å². The first-order valence-electron chi connectivity index (χ1n) is 7.45. The molecule has 0 aromatic heterocycles. The molecule has 0 N–H and O–H groups in total. The van der Waals surface area contributed by atoms with Crippen molar-refractivity contribution in [1.29, 1.82) is 0 Å². The van der Waals surface area contributed by atoms with Crippen molar-refractivity contribution in [2.45, 2.75) is 59.3 Å². The lowest BCUT2D eigenvalue weighted by Gasteiger charge is -2.09. The Morgan fingerprint density at radius 3 is 2.47 bits per heavy atom. The molecular formula is C18H26O. The number of unbranched alkanes of at least 4 members (excludes halogenated alkanes) is 1. The highest BCUT2D eigenvalue weighted by molar-refractivity contribution is 5.95. The Balaban J connectivity index is 2.71. The van der Waals surface area contributed by atoms with Crippen molar-refractivity contribution in [2.24, 2.45) is 0 Å². The van der Waals surface area contributed by atoms with Crippen LogP contribution < -0.4 is 0 Å². The van der Waals surface area contributed by atoms with Crippen LogP contribution in [0, 0.1) is 0 Å². The highest BCUT2D eigenvalue weighted by atomic mass is 16.1. The quantitative estimate of drug-likeness (QED) is 0.454. The van der Waals surface area contributed by atoms with Crippen molar-refractivity contribution in [1.82, 2.24) is 0 Å². The van der Waals surface area contributed by atoms with Gasteiger partial charge in [-0.05, 0) is 38.2 Å². The highest BCUT2D eigenvalue weighted by Crippen LogP contribution is 2.18. The lowest BCUT2D eigenvalue weighted by atomic mass is 9.96. The van der Waals surface area contributed by atoms with Crippen LogP contribution in [0.2, 0.25) is 0 Å². The first-order valence-corrected chi connectivity index (χ1v) is 7.45. The minimum Gasteiger partial charge on any atom is -0.295 e. The van der Waals surface area contributed by atoms with Crippen molar-refractivity contribution < 1.29 is 4.79 Å². The van der Waals surface area contributed by atoms with Crippen molar-refractivity contribution >= 4 is 5.78 Å². The zero-order valence-corrected chi connectivity index (χ0v) is 12.5. The van der Waals surface area contributed by atoms with E-state index in [-0.39, 0.29) is 5.78 Å². The third kappa shape index (κ3) is 5.42. The molecule has 1 heteroatoms. The Labute approximate surface area is 117 Å². The van der Waals surface area contributed by atoms with E-state index in [9.17, 15) is 4.79 Å². The fourth-order valence-electron chi connectivity index (χ4n) is 2.38. The Morgan fingerprint density at radius 1 is 1.11 bits per heavy atom. The monoisotopic (exact) mass is 258 g/mol.